The van der Waals surface area contributed by atoms with Crippen molar-refractivity contribution in [1.82, 2.24) is 0 Å². The minimum absolute atomic E-state index is 0.0708. The maximum atomic E-state index is 12.7. The molecule has 0 unspecified atom stereocenters. The Morgan fingerprint density at radius 2 is 1.67 bits per heavy atom. The maximum absolute atomic E-state index is 12.7. The van der Waals surface area contributed by atoms with Gasteiger partial charge in [-0.05, 0) is 35.7 Å². The van der Waals surface area contributed by atoms with E-state index in [-0.39, 0.29) is 24.7 Å². The molecule has 6 heteroatoms. The number of hydrogen-bond donors (Lipinski definition) is 2. The molecule has 0 aliphatic heterocycles. The van der Waals surface area contributed by atoms with Gasteiger partial charge in [0.05, 0.1) is 6.42 Å². The van der Waals surface area contributed by atoms with E-state index in [2.05, 4.69) is 5.32 Å². The van der Waals surface area contributed by atoms with Gasteiger partial charge in [-0.25, -0.2) is 0 Å². The van der Waals surface area contributed by atoms with Gasteiger partial charge < -0.3 is 15.3 Å². The average molecular weight is 368 g/mol. The van der Waals surface area contributed by atoms with Gasteiger partial charge in [-0.15, -0.1) is 0 Å². The number of rotatable bonds is 7. The third-order valence-electron chi connectivity index (χ3n) is 4.11. The zero-order valence-electron chi connectivity index (χ0n) is 15.7. The third kappa shape index (κ3) is 5.95. The molecule has 0 atom stereocenters. The summed E-state index contributed by atoms with van der Waals surface area (Å²) < 4.78 is 0. The number of benzene rings is 2. The first-order valence-corrected chi connectivity index (χ1v) is 8.63. The number of carboxylic acid groups (broad SMARTS) is 1. The number of aliphatic carboxylic acids is 1. The molecule has 0 heterocycles. The van der Waals surface area contributed by atoms with E-state index in [1.54, 1.807) is 45.2 Å². The van der Waals surface area contributed by atoms with E-state index < -0.39 is 11.4 Å². The first kappa shape index (κ1) is 20.2. The molecule has 0 saturated carbocycles. The van der Waals surface area contributed by atoms with E-state index in [0.717, 1.165) is 5.69 Å². The van der Waals surface area contributed by atoms with E-state index in [1.807, 2.05) is 30.3 Å². The van der Waals surface area contributed by atoms with Crippen LogP contribution in [0.1, 0.15) is 37.0 Å². The van der Waals surface area contributed by atoms with Crippen molar-refractivity contribution in [2.75, 3.05) is 17.3 Å². The summed E-state index contributed by atoms with van der Waals surface area (Å²) in [6.45, 7) is 3.46. The number of amides is 2. The van der Waals surface area contributed by atoms with Crippen molar-refractivity contribution in [2.45, 2.75) is 26.7 Å². The maximum Gasteiger partial charge on any atom is 0.303 e. The molecule has 0 fully saturated rings. The fourth-order valence-electron chi connectivity index (χ4n) is 2.80. The van der Waals surface area contributed by atoms with Gasteiger partial charge in [0.25, 0.3) is 5.91 Å². The summed E-state index contributed by atoms with van der Waals surface area (Å²) in [5.74, 6) is -1.42. The predicted octanol–water partition coefficient (Wildman–Crippen LogP) is 3.79. The molecular formula is C21H24N2O4. The zero-order valence-corrected chi connectivity index (χ0v) is 15.7. The van der Waals surface area contributed by atoms with E-state index in [0.29, 0.717) is 11.3 Å². The van der Waals surface area contributed by atoms with Gasteiger partial charge in [0.1, 0.15) is 0 Å². The van der Waals surface area contributed by atoms with Crippen LogP contribution >= 0.6 is 0 Å². The summed E-state index contributed by atoms with van der Waals surface area (Å²) in [5.41, 5.74) is 1.06. The molecular weight excluding hydrogens is 344 g/mol. The van der Waals surface area contributed by atoms with Gasteiger partial charge in [-0.3, -0.25) is 14.4 Å². The molecule has 27 heavy (non-hydrogen) atoms. The summed E-state index contributed by atoms with van der Waals surface area (Å²) in [6.07, 6.45) is -0.0256. The molecule has 142 valence electrons. The van der Waals surface area contributed by atoms with E-state index in [9.17, 15) is 14.4 Å². The van der Waals surface area contributed by atoms with Crippen molar-refractivity contribution in [1.29, 1.82) is 0 Å². The Morgan fingerprint density at radius 3 is 2.30 bits per heavy atom. The summed E-state index contributed by atoms with van der Waals surface area (Å²) in [6, 6.07) is 16.0. The molecule has 2 N–H and O–H groups in total. The quantitative estimate of drug-likeness (QED) is 0.778. The van der Waals surface area contributed by atoms with Gasteiger partial charge in [0.15, 0.2) is 0 Å². The smallest absolute Gasteiger partial charge is 0.303 e. The first-order chi connectivity index (χ1) is 12.7. The molecule has 0 saturated heterocycles. The molecule has 2 rings (SSSR count). The fraction of sp³-hybridized carbons (Fsp3) is 0.286. The van der Waals surface area contributed by atoms with Crippen molar-refractivity contribution >= 4 is 29.2 Å². The van der Waals surface area contributed by atoms with Crippen LogP contribution in [0.3, 0.4) is 0 Å². The molecule has 0 bridgehead atoms. The summed E-state index contributed by atoms with van der Waals surface area (Å²) in [4.78, 5) is 37.3. The van der Waals surface area contributed by atoms with Crippen LogP contribution < -0.4 is 10.2 Å². The average Bonchev–Trinajstić information content (AvgIpc) is 2.59. The second kappa shape index (κ2) is 8.49. The third-order valence-corrected chi connectivity index (χ3v) is 4.11. The number of carboxylic acids is 1. The minimum Gasteiger partial charge on any atom is -0.481 e. The van der Waals surface area contributed by atoms with Crippen molar-refractivity contribution in [3.8, 4) is 0 Å². The monoisotopic (exact) mass is 368 g/mol. The summed E-state index contributed by atoms with van der Waals surface area (Å²) in [5, 5.41) is 11.7. The van der Waals surface area contributed by atoms with Crippen LogP contribution in [0.5, 0.6) is 0 Å². The molecule has 0 aromatic heterocycles. The highest BCUT2D eigenvalue weighted by atomic mass is 16.4. The SMILES string of the molecule is CN(C(=O)c1cccc(NC(=O)CC(C)(C)CC(=O)O)c1)c1ccccc1. The van der Waals surface area contributed by atoms with Crippen LogP contribution in [0.2, 0.25) is 0 Å². The van der Waals surface area contributed by atoms with E-state index in [1.165, 1.54) is 4.90 Å². The lowest BCUT2D eigenvalue weighted by Gasteiger charge is -2.21. The lowest BCUT2D eigenvalue weighted by atomic mass is 9.85. The standard InChI is InChI=1S/C21H24N2O4/c1-21(2,14-19(25)26)13-18(24)22-16-9-7-8-15(12-16)20(27)23(3)17-10-5-4-6-11-17/h4-12H,13-14H2,1-3H3,(H,22,24)(H,25,26). The Kier molecular flexibility index (Phi) is 6.34. The number of anilines is 2. The normalized spacial score (nSPS) is 10.9. The largest absolute Gasteiger partial charge is 0.481 e. The molecule has 2 amide bonds. The van der Waals surface area contributed by atoms with Crippen molar-refractivity contribution in [3.05, 3.63) is 60.2 Å². The van der Waals surface area contributed by atoms with Crippen LogP contribution in [0.25, 0.3) is 0 Å². The highest BCUT2D eigenvalue weighted by molar-refractivity contribution is 6.06. The predicted molar refractivity (Wildman–Crippen MR) is 105 cm³/mol. The Labute approximate surface area is 158 Å². The van der Waals surface area contributed by atoms with Gasteiger partial charge in [-0.1, -0.05) is 38.1 Å². The summed E-state index contributed by atoms with van der Waals surface area (Å²) >= 11 is 0. The first-order valence-electron chi connectivity index (χ1n) is 8.63. The van der Waals surface area contributed by atoms with Crippen LogP contribution in [-0.2, 0) is 9.59 Å². The summed E-state index contributed by atoms with van der Waals surface area (Å²) in [7, 11) is 1.69. The van der Waals surface area contributed by atoms with Crippen LogP contribution in [0.15, 0.2) is 54.6 Å². The van der Waals surface area contributed by atoms with E-state index in [4.69, 9.17) is 5.11 Å². The lowest BCUT2D eigenvalue weighted by molar-refractivity contribution is -0.139. The zero-order chi connectivity index (χ0) is 20.0. The highest BCUT2D eigenvalue weighted by Crippen LogP contribution is 2.26. The van der Waals surface area contributed by atoms with E-state index >= 15 is 0 Å². The van der Waals surface area contributed by atoms with Crippen LogP contribution in [0.4, 0.5) is 11.4 Å². The number of hydrogen-bond acceptors (Lipinski definition) is 3. The Hall–Kier alpha value is -3.15. The Morgan fingerprint density at radius 1 is 1.00 bits per heavy atom. The Balaban J connectivity index is 2.07. The van der Waals surface area contributed by atoms with Gasteiger partial charge in [0, 0.05) is 30.4 Å². The van der Waals surface area contributed by atoms with Crippen LogP contribution in [-0.4, -0.2) is 29.9 Å². The highest BCUT2D eigenvalue weighted by Gasteiger charge is 2.25. The minimum atomic E-state index is -0.940. The molecule has 0 spiro atoms. The van der Waals surface area contributed by atoms with Crippen LogP contribution in [0, 0.1) is 5.41 Å². The topological polar surface area (TPSA) is 86.7 Å². The lowest BCUT2D eigenvalue weighted by Crippen LogP contribution is -2.26. The second-order valence-electron chi connectivity index (χ2n) is 7.24. The fourth-order valence-corrected chi connectivity index (χ4v) is 2.80. The van der Waals surface area contributed by atoms with Crippen molar-refractivity contribution < 1.29 is 19.5 Å². The number of para-hydroxylation sites is 1. The molecule has 2 aromatic rings. The molecule has 6 nitrogen and oxygen atoms in total. The molecule has 0 aliphatic carbocycles. The molecule has 0 aliphatic rings. The van der Waals surface area contributed by atoms with Crippen molar-refractivity contribution in [2.24, 2.45) is 5.41 Å². The number of carbonyl (C=O) groups is 3. The number of nitrogens with zero attached hydrogens (tertiary/aromatic N) is 1. The van der Waals surface area contributed by atoms with Gasteiger partial charge in [-0.2, -0.15) is 0 Å². The number of carbonyl (C=O) groups excluding carboxylic acids is 2. The van der Waals surface area contributed by atoms with Gasteiger partial charge in [0.2, 0.25) is 5.91 Å². The molecule has 2 aromatic carbocycles. The van der Waals surface area contributed by atoms with Gasteiger partial charge >= 0.3 is 5.97 Å². The molecule has 0 radical (unpaired) electrons. The second-order valence-corrected chi connectivity index (χ2v) is 7.24. The van der Waals surface area contributed by atoms with Crippen molar-refractivity contribution in [3.63, 3.8) is 0 Å². The Bertz CT molecular complexity index is 831. The number of nitrogens with one attached hydrogen (secondary N) is 1.